The van der Waals surface area contributed by atoms with Crippen molar-refractivity contribution in [3.05, 3.63) is 29.5 Å². The molecule has 2 nitrogen and oxygen atoms in total. The lowest BCUT2D eigenvalue weighted by Gasteiger charge is -1.97. The second-order valence-electron chi connectivity index (χ2n) is 3.42. The fourth-order valence-electron chi connectivity index (χ4n) is 1.69. The molecule has 0 bridgehead atoms. The Hall–Kier alpha value is -1.31. The van der Waals surface area contributed by atoms with Crippen molar-refractivity contribution in [1.29, 1.82) is 0 Å². The van der Waals surface area contributed by atoms with Gasteiger partial charge in [0.15, 0.2) is 0 Å². The lowest BCUT2D eigenvalue weighted by molar-refractivity contribution is 0.676. The Labute approximate surface area is 78.2 Å². The van der Waals surface area contributed by atoms with Gasteiger partial charge < -0.3 is 0 Å². The van der Waals surface area contributed by atoms with Crippen molar-refractivity contribution in [1.82, 2.24) is 9.78 Å². The molecule has 1 aromatic heterocycles. The van der Waals surface area contributed by atoms with Crippen LogP contribution in [0.3, 0.4) is 0 Å². The quantitative estimate of drug-likeness (QED) is 0.650. The molecule has 0 radical (unpaired) electrons. The number of aryl methyl sites for hydroxylation is 3. The van der Waals surface area contributed by atoms with Crippen molar-refractivity contribution in [2.45, 2.75) is 27.3 Å². The van der Waals surface area contributed by atoms with E-state index < -0.39 is 0 Å². The molecule has 0 saturated heterocycles. The Balaban J connectivity index is 2.80. The van der Waals surface area contributed by atoms with Gasteiger partial charge in [-0.25, -0.2) is 0 Å². The van der Waals surface area contributed by atoms with Crippen LogP contribution in [0.2, 0.25) is 0 Å². The zero-order valence-corrected chi connectivity index (χ0v) is 8.33. The lowest BCUT2D eigenvalue weighted by atomic mass is 10.1. The molecule has 2 aromatic rings. The fraction of sp³-hybridized carbons (Fsp3) is 0.364. The molecule has 0 atom stereocenters. The minimum absolute atomic E-state index is 0.938. The smallest absolute Gasteiger partial charge is 0.0685 e. The maximum Gasteiger partial charge on any atom is 0.0685 e. The third-order valence-electron chi connectivity index (χ3n) is 2.39. The third-order valence-corrected chi connectivity index (χ3v) is 2.39. The van der Waals surface area contributed by atoms with E-state index in [1.54, 1.807) is 0 Å². The summed E-state index contributed by atoms with van der Waals surface area (Å²) < 4.78 is 2.05. The Morgan fingerprint density at radius 1 is 1.31 bits per heavy atom. The van der Waals surface area contributed by atoms with Crippen molar-refractivity contribution in [2.75, 3.05) is 0 Å². The minimum Gasteiger partial charge on any atom is -0.265 e. The molecular formula is C11H14N2. The first-order valence-corrected chi connectivity index (χ1v) is 4.66. The highest BCUT2D eigenvalue weighted by Gasteiger charge is 2.04. The van der Waals surface area contributed by atoms with Crippen LogP contribution in [0, 0.1) is 13.8 Å². The van der Waals surface area contributed by atoms with Gasteiger partial charge in [-0.2, -0.15) is 5.10 Å². The Kier molecular flexibility index (Phi) is 1.83. The molecule has 13 heavy (non-hydrogen) atoms. The van der Waals surface area contributed by atoms with Crippen LogP contribution in [0.5, 0.6) is 0 Å². The summed E-state index contributed by atoms with van der Waals surface area (Å²) in [6.45, 7) is 7.23. The van der Waals surface area contributed by atoms with E-state index in [0.29, 0.717) is 0 Å². The number of hydrogen-bond donors (Lipinski definition) is 0. The van der Waals surface area contributed by atoms with Crippen LogP contribution >= 0.6 is 0 Å². The number of nitrogens with zero attached hydrogens (tertiary/aromatic N) is 2. The summed E-state index contributed by atoms with van der Waals surface area (Å²) in [7, 11) is 0. The lowest BCUT2D eigenvalue weighted by Crippen LogP contribution is -1.95. The molecule has 1 aromatic carbocycles. The van der Waals surface area contributed by atoms with E-state index in [-0.39, 0.29) is 0 Å². The van der Waals surface area contributed by atoms with Gasteiger partial charge >= 0.3 is 0 Å². The minimum atomic E-state index is 0.938. The monoisotopic (exact) mass is 174 g/mol. The van der Waals surface area contributed by atoms with Gasteiger partial charge in [0.05, 0.1) is 11.2 Å². The van der Waals surface area contributed by atoms with Crippen molar-refractivity contribution in [3.8, 4) is 0 Å². The van der Waals surface area contributed by atoms with E-state index in [0.717, 1.165) is 12.2 Å². The molecule has 0 unspecified atom stereocenters. The topological polar surface area (TPSA) is 17.8 Å². The number of benzene rings is 1. The summed E-state index contributed by atoms with van der Waals surface area (Å²) >= 11 is 0. The van der Waals surface area contributed by atoms with Crippen molar-refractivity contribution in [3.63, 3.8) is 0 Å². The van der Waals surface area contributed by atoms with E-state index in [9.17, 15) is 0 Å². The standard InChI is InChI=1S/C11H14N2/c1-4-13-11-6-5-8(2)7-10(11)9(3)12-13/h5-7H,4H2,1-3H3. The largest absolute Gasteiger partial charge is 0.265 e. The van der Waals surface area contributed by atoms with Gasteiger partial charge in [0.25, 0.3) is 0 Å². The molecule has 0 saturated carbocycles. The second kappa shape index (κ2) is 2.87. The molecule has 1 heterocycles. The molecule has 2 rings (SSSR count). The SMILES string of the molecule is CCn1nc(C)c2cc(C)ccc21. The Morgan fingerprint density at radius 2 is 2.08 bits per heavy atom. The number of aromatic nitrogens is 2. The molecule has 2 heteroatoms. The summed E-state index contributed by atoms with van der Waals surface area (Å²) in [6, 6.07) is 6.48. The number of hydrogen-bond acceptors (Lipinski definition) is 1. The van der Waals surface area contributed by atoms with Crippen LogP contribution in [0.25, 0.3) is 10.9 Å². The van der Waals surface area contributed by atoms with Gasteiger partial charge in [0, 0.05) is 11.9 Å². The highest BCUT2D eigenvalue weighted by molar-refractivity contribution is 5.82. The van der Waals surface area contributed by atoms with Gasteiger partial charge in [0.2, 0.25) is 0 Å². The maximum absolute atomic E-state index is 4.47. The van der Waals surface area contributed by atoms with Gasteiger partial charge in [-0.05, 0) is 32.9 Å². The van der Waals surface area contributed by atoms with E-state index in [1.807, 2.05) is 4.68 Å². The van der Waals surface area contributed by atoms with Crippen LogP contribution in [-0.2, 0) is 6.54 Å². The summed E-state index contributed by atoms with van der Waals surface area (Å²) in [5.41, 5.74) is 3.66. The van der Waals surface area contributed by atoms with Gasteiger partial charge in [-0.15, -0.1) is 0 Å². The first-order valence-electron chi connectivity index (χ1n) is 4.66. The highest BCUT2D eigenvalue weighted by Crippen LogP contribution is 2.19. The molecule has 0 aliphatic rings. The average molecular weight is 174 g/mol. The van der Waals surface area contributed by atoms with Crippen LogP contribution in [0.15, 0.2) is 18.2 Å². The highest BCUT2D eigenvalue weighted by atomic mass is 15.3. The van der Waals surface area contributed by atoms with Crippen molar-refractivity contribution < 1.29 is 0 Å². The van der Waals surface area contributed by atoms with Crippen molar-refractivity contribution in [2.24, 2.45) is 0 Å². The zero-order chi connectivity index (χ0) is 9.42. The number of fused-ring (bicyclic) bond motifs is 1. The molecule has 0 spiro atoms. The molecule has 0 aliphatic heterocycles. The number of rotatable bonds is 1. The predicted molar refractivity (Wildman–Crippen MR) is 54.9 cm³/mol. The van der Waals surface area contributed by atoms with Crippen LogP contribution in [0.4, 0.5) is 0 Å². The first-order chi connectivity index (χ1) is 6.22. The fourth-order valence-corrected chi connectivity index (χ4v) is 1.69. The summed E-state index contributed by atoms with van der Waals surface area (Å²) in [4.78, 5) is 0. The van der Waals surface area contributed by atoms with E-state index in [4.69, 9.17) is 0 Å². The van der Waals surface area contributed by atoms with Gasteiger partial charge in [0.1, 0.15) is 0 Å². The van der Waals surface area contributed by atoms with Crippen molar-refractivity contribution >= 4 is 10.9 Å². The first kappa shape index (κ1) is 8.30. The molecule has 0 N–H and O–H groups in total. The van der Waals surface area contributed by atoms with Crippen LogP contribution in [0.1, 0.15) is 18.2 Å². The normalized spacial score (nSPS) is 11.0. The molecular weight excluding hydrogens is 160 g/mol. The summed E-state index contributed by atoms with van der Waals surface area (Å²) in [5.74, 6) is 0. The summed E-state index contributed by atoms with van der Waals surface area (Å²) in [5, 5.41) is 5.75. The van der Waals surface area contributed by atoms with Crippen LogP contribution < -0.4 is 0 Å². The predicted octanol–water partition coefficient (Wildman–Crippen LogP) is 2.67. The van der Waals surface area contributed by atoms with Gasteiger partial charge in [-0.1, -0.05) is 11.6 Å². The second-order valence-corrected chi connectivity index (χ2v) is 3.42. The maximum atomic E-state index is 4.47. The summed E-state index contributed by atoms with van der Waals surface area (Å²) in [6.07, 6.45) is 0. The van der Waals surface area contributed by atoms with E-state index in [1.165, 1.54) is 16.5 Å². The van der Waals surface area contributed by atoms with E-state index >= 15 is 0 Å². The molecule has 0 fully saturated rings. The van der Waals surface area contributed by atoms with E-state index in [2.05, 4.69) is 44.1 Å². The average Bonchev–Trinajstić information content (AvgIpc) is 2.43. The molecule has 0 aliphatic carbocycles. The molecule has 0 amide bonds. The van der Waals surface area contributed by atoms with Gasteiger partial charge in [-0.3, -0.25) is 4.68 Å². The Morgan fingerprint density at radius 3 is 2.77 bits per heavy atom. The van der Waals surface area contributed by atoms with Crippen LogP contribution in [-0.4, -0.2) is 9.78 Å². The Bertz CT molecular complexity index is 441. The molecule has 68 valence electrons. The third kappa shape index (κ3) is 1.22. The zero-order valence-electron chi connectivity index (χ0n) is 8.33.